The largest absolute Gasteiger partial charge is 0.379 e. The Kier molecular flexibility index (Phi) is 5.77. The second-order valence-electron chi connectivity index (χ2n) is 6.16. The van der Waals surface area contributed by atoms with Crippen LogP contribution >= 0.6 is 0 Å². The van der Waals surface area contributed by atoms with E-state index >= 15 is 0 Å². The number of pyridine rings is 1. The van der Waals surface area contributed by atoms with E-state index in [-0.39, 0.29) is 11.9 Å². The van der Waals surface area contributed by atoms with Crippen LogP contribution in [0.3, 0.4) is 0 Å². The van der Waals surface area contributed by atoms with Crippen molar-refractivity contribution in [2.45, 2.75) is 31.7 Å². The summed E-state index contributed by atoms with van der Waals surface area (Å²) in [5.74, 6) is 0.0615. The maximum Gasteiger partial charge on any atom is 0.242 e. The van der Waals surface area contributed by atoms with Gasteiger partial charge in [-0.3, -0.25) is 14.7 Å². The smallest absolute Gasteiger partial charge is 0.242 e. The first-order valence-electron chi connectivity index (χ1n) is 8.52. The van der Waals surface area contributed by atoms with Crippen molar-refractivity contribution in [1.82, 2.24) is 15.2 Å². The van der Waals surface area contributed by atoms with E-state index < -0.39 is 0 Å². The van der Waals surface area contributed by atoms with E-state index in [1.165, 1.54) is 18.4 Å². The molecule has 2 aliphatic rings. The molecule has 124 valence electrons. The van der Waals surface area contributed by atoms with Gasteiger partial charge in [-0.15, -0.1) is 0 Å². The Hall–Kier alpha value is -1.72. The molecule has 1 amide bonds. The molecular formula is C18H25N3O2. The Labute approximate surface area is 137 Å². The fraction of sp³-hybridized carbons (Fsp3) is 0.556. The number of carbonyl (C=O) groups is 1. The summed E-state index contributed by atoms with van der Waals surface area (Å²) in [4.78, 5) is 19.2. The van der Waals surface area contributed by atoms with Crippen molar-refractivity contribution in [2.75, 3.05) is 32.8 Å². The van der Waals surface area contributed by atoms with Gasteiger partial charge in [0.25, 0.3) is 0 Å². The molecule has 1 aliphatic heterocycles. The molecule has 5 heteroatoms. The number of hydrogen-bond donors (Lipinski definition) is 1. The number of nitrogens with zero attached hydrogens (tertiary/aromatic N) is 2. The van der Waals surface area contributed by atoms with Gasteiger partial charge in [-0.25, -0.2) is 0 Å². The lowest BCUT2D eigenvalue weighted by molar-refractivity contribution is -0.128. The summed E-state index contributed by atoms with van der Waals surface area (Å²) in [6, 6.07) is 3.59. The third-order valence-electron chi connectivity index (χ3n) is 4.53. The van der Waals surface area contributed by atoms with Crippen molar-refractivity contribution in [1.29, 1.82) is 0 Å². The number of rotatable bonds is 5. The average molecular weight is 315 g/mol. The molecule has 1 aliphatic carbocycles. The quantitative estimate of drug-likeness (QED) is 0.845. The van der Waals surface area contributed by atoms with E-state index in [0.29, 0.717) is 19.8 Å². The van der Waals surface area contributed by atoms with Crippen LogP contribution < -0.4 is 5.32 Å². The van der Waals surface area contributed by atoms with Crippen LogP contribution in [-0.2, 0) is 9.53 Å². The van der Waals surface area contributed by atoms with Crippen molar-refractivity contribution in [3.63, 3.8) is 0 Å². The first-order valence-corrected chi connectivity index (χ1v) is 8.52. The number of allylic oxidation sites excluding steroid dienone is 1. The second kappa shape index (κ2) is 8.22. The van der Waals surface area contributed by atoms with E-state index in [1.807, 2.05) is 12.1 Å². The molecule has 0 aromatic carbocycles. The summed E-state index contributed by atoms with van der Waals surface area (Å²) in [5, 5.41) is 3.13. The van der Waals surface area contributed by atoms with Crippen molar-refractivity contribution in [3.05, 3.63) is 41.7 Å². The molecule has 5 nitrogen and oxygen atoms in total. The molecule has 0 spiro atoms. The summed E-state index contributed by atoms with van der Waals surface area (Å²) in [5.41, 5.74) is 2.31. The first-order chi connectivity index (χ1) is 11.3. The molecule has 1 aromatic rings. The van der Waals surface area contributed by atoms with Crippen LogP contribution in [0.25, 0.3) is 0 Å². The Morgan fingerprint density at radius 1 is 1.35 bits per heavy atom. The predicted molar refractivity (Wildman–Crippen MR) is 88.9 cm³/mol. The van der Waals surface area contributed by atoms with Gasteiger partial charge < -0.3 is 10.1 Å². The topological polar surface area (TPSA) is 54.5 Å². The van der Waals surface area contributed by atoms with Gasteiger partial charge in [-0.1, -0.05) is 17.7 Å². The molecule has 1 atom stereocenters. The van der Waals surface area contributed by atoms with Gasteiger partial charge >= 0.3 is 0 Å². The number of amides is 1. The monoisotopic (exact) mass is 315 g/mol. The fourth-order valence-electron chi connectivity index (χ4n) is 3.26. The maximum atomic E-state index is 12.8. The van der Waals surface area contributed by atoms with E-state index in [4.69, 9.17) is 4.74 Å². The molecule has 1 saturated heterocycles. The first kappa shape index (κ1) is 16.1. The highest BCUT2D eigenvalue weighted by molar-refractivity contribution is 5.83. The molecule has 1 N–H and O–H groups in total. The highest BCUT2D eigenvalue weighted by Crippen LogP contribution is 2.22. The summed E-state index contributed by atoms with van der Waals surface area (Å²) in [6.07, 6.45) is 10.6. The van der Waals surface area contributed by atoms with Crippen LogP contribution in [0.4, 0.5) is 0 Å². The molecule has 1 fully saturated rings. The van der Waals surface area contributed by atoms with Gasteiger partial charge in [0.1, 0.15) is 6.04 Å². The lowest BCUT2D eigenvalue weighted by Gasteiger charge is -2.33. The zero-order valence-corrected chi connectivity index (χ0v) is 13.5. The van der Waals surface area contributed by atoms with Gasteiger partial charge in [0.2, 0.25) is 5.91 Å². The third-order valence-corrected chi connectivity index (χ3v) is 4.53. The van der Waals surface area contributed by atoms with Crippen LogP contribution in [-0.4, -0.2) is 48.6 Å². The van der Waals surface area contributed by atoms with E-state index in [1.54, 1.807) is 12.4 Å². The number of carbonyl (C=O) groups excluding carboxylic acids is 1. The van der Waals surface area contributed by atoms with Crippen molar-refractivity contribution in [3.8, 4) is 0 Å². The minimum atomic E-state index is -0.281. The number of morpholine rings is 1. The van der Waals surface area contributed by atoms with Gasteiger partial charge in [-0.05, 0) is 37.3 Å². The van der Waals surface area contributed by atoms with Crippen molar-refractivity contribution in [2.24, 2.45) is 0 Å². The lowest BCUT2D eigenvalue weighted by Crippen LogP contribution is -2.46. The fourth-order valence-corrected chi connectivity index (χ4v) is 3.26. The molecule has 23 heavy (non-hydrogen) atoms. The van der Waals surface area contributed by atoms with E-state index in [0.717, 1.165) is 31.5 Å². The number of nitrogens with one attached hydrogen (secondary N) is 1. The molecule has 0 bridgehead atoms. The second-order valence-corrected chi connectivity index (χ2v) is 6.16. The van der Waals surface area contributed by atoms with Gasteiger partial charge in [0.05, 0.1) is 13.2 Å². The van der Waals surface area contributed by atoms with Gasteiger partial charge in [-0.2, -0.15) is 0 Å². The van der Waals surface area contributed by atoms with Crippen LogP contribution in [0.1, 0.15) is 37.3 Å². The summed E-state index contributed by atoms with van der Waals surface area (Å²) in [7, 11) is 0. The van der Waals surface area contributed by atoms with Crippen LogP contribution in [0.15, 0.2) is 36.2 Å². The van der Waals surface area contributed by atoms with E-state index in [9.17, 15) is 4.79 Å². The zero-order chi connectivity index (χ0) is 15.9. The third kappa shape index (κ3) is 4.39. The summed E-state index contributed by atoms with van der Waals surface area (Å²) in [6.45, 7) is 3.57. The maximum absolute atomic E-state index is 12.8. The molecule has 1 aromatic heterocycles. The molecule has 2 heterocycles. The average Bonchev–Trinajstić information content (AvgIpc) is 2.63. The minimum absolute atomic E-state index is 0.0615. The lowest BCUT2D eigenvalue weighted by atomic mass is 9.99. The highest BCUT2D eigenvalue weighted by atomic mass is 16.5. The summed E-state index contributed by atoms with van der Waals surface area (Å²) >= 11 is 0. The SMILES string of the molecule is O=C(NCC1=CCCCC1)[C@H](c1cccnc1)N1CCOCC1. The van der Waals surface area contributed by atoms with Crippen molar-refractivity contribution < 1.29 is 9.53 Å². The molecular weight excluding hydrogens is 290 g/mol. The Morgan fingerprint density at radius 2 is 2.22 bits per heavy atom. The Morgan fingerprint density at radius 3 is 2.91 bits per heavy atom. The van der Waals surface area contributed by atoms with Crippen LogP contribution in [0.5, 0.6) is 0 Å². The predicted octanol–water partition coefficient (Wildman–Crippen LogP) is 2.07. The van der Waals surface area contributed by atoms with E-state index in [2.05, 4.69) is 21.3 Å². The minimum Gasteiger partial charge on any atom is -0.379 e. The van der Waals surface area contributed by atoms with Crippen LogP contribution in [0, 0.1) is 0 Å². The van der Waals surface area contributed by atoms with Crippen molar-refractivity contribution >= 4 is 5.91 Å². The zero-order valence-electron chi connectivity index (χ0n) is 13.5. The molecule has 0 unspecified atom stereocenters. The Bertz CT molecular complexity index is 538. The summed E-state index contributed by atoms with van der Waals surface area (Å²) < 4.78 is 5.42. The molecule has 0 saturated carbocycles. The Balaban J connectivity index is 1.69. The van der Waals surface area contributed by atoms with Crippen LogP contribution in [0.2, 0.25) is 0 Å². The van der Waals surface area contributed by atoms with Gasteiger partial charge in [0, 0.05) is 32.0 Å². The number of aromatic nitrogens is 1. The number of ether oxygens (including phenoxy) is 1. The normalized spacial score (nSPS) is 20.6. The molecule has 3 rings (SSSR count). The standard InChI is InChI=1S/C18H25N3O2/c22-18(20-13-15-5-2-1-3-6-15)17(16-7-4-8-19-14-16)21-9-11-23-12-10-21/h4-5,7-8,14,17H,1-3,6,9-13H2,(H,20,22)/t17-/m0/s1. The molecule has 0 radical (unpaired) electrons. The van der Waals surface area contributed by atoms with Gasteiger partial charge in [0.15, 0.2) is 0 Å². The highest BCUT2D eigenvalue weighted by Gasteiger charge is 2.29. The number of hydrogen-bond acceptors (Lipinski definition) is 4.